The molecule has 58 heavy (non-hydrogen) atoms. The lowest BCUT2D eigenvalue weighted by Crippen LogP contribution is -2.69. The number of primary amides is 1. The minimum atomic E-state index is -1.30. The van der Waals surface area contributed by atoms with Crippen LogP contribution in [0.2, 0.25) is 0 Å². The van der Waals surface area contributed by atoms with Crippen molar-refractivity contribution >= 4 is 67.8 Å². The van der Waals surface area contributed by atoms with Crippen LogP contribution in [0, 0.1) is 0 Å². The number of aliphatic imine (C=N–C) groups is 1. The van der Waals surface area contributed by atoms with Crippen molar-refractivity contribution in [1.82, 2.24) is 26.3 Å². The van der Waals surface area contributed by atoms with Gasteiger partial charge in [0, 0.05) is 47.6 Å². The van der Waals surface area contributed by atoms with Crippen LogP contribution in [0.15, 0.2) is 95.4 Å². The minimum absolute atomic E-state index is 0.00209. The number of ether oxygens (including phenoxy) is 1. The highest BCUT2D eigenvalue weighted by atomic mass is 32.1. The van der Waals surface area contributed by atoms with Gasteiger partial charge in [-0.15, -0.1) is 11.3 Å². The summed E-state index contributed by atoms with van der Waals surface area (Å²) in [6.07, 6.45) is 2.43. The first kappa shape index (κ1) is 41.3. The molecule has 3 heterocycles. The number of nitrogens with one attached hydrogen (secondary N) is 5. The molecule has 1 fully saturated rings. The van der Waals surface area contributed by atoms with Crippen LogP contribution in [0.25, 0.3) is 21.0 Å². The second kappa shape index (κ2) is 18.8. The molecule has 0 spiro atoms. The molecule has 0 saturated carbocycles. The van der Waals surface area contributed by atoms with Crippen molar-refractivity contribution in [3.8, 4) is 0 Å². The molecule has 1 aliphatic heterocycles. The fourth-order valence-corrected chi connectivity index (χ4v) is 7.75. The number of nitrogens with zero attached hydrogens (tertiary/aromatic N) is 1. The van der Waals surface area contributed by atoms with Crippen LogP contribution in [-0.4, -0.2) is 89.9 Å². The van der Waals surface area contributed by atoms with Crippen molar-refractivity contribution < 1.29 is 28.7 Å². The molecule has 6 rings (SSSR count). The number of para-hydroxylation sites is 1. The second-order valence-electron chi connectivity index (χ2n) is 14.4. The van der Waals surface area contributed by atoms with Crippen LogP contribution in [-0.2, 0) is 48.0 Å². The van der Waals surface area contributed by atoms with E-state index in [1.807, 2.05) is 60.0 Å². The number of thiophene rings is 1. The Hall–Kier alpha value is -6.30. The van der Waals surface area contributed by atoms with E-state index >= 15 is 0 Å². The summed E-state index contributed by atoms with van der Waals surface area (Å²) in [6, 6.07) is 19.6. The average molecular weight is 809 g/mol. The van der Waals surface area contributed by atoms with Crippen LogP contribution in [0.1, 0.15) is 29.5 Å². The van der Waals surface area contributed by atoms with Crippen LogP contribution >= 0.6 is 11.3 Å². The Morgan fingerprint density at radius 2 is 1.31 bits per heavy atom. The van der Waals surface area contributed by atoms with E-state index in [2.05, 4.69) is 31.2 Å². The molecule has 4 atom stereocenters. The zero-order valence-electron chi connectivity index (χ0n) is 31.7. The summed E-state index contributed by atoms with van der Waals surface area (Å²) in [5.41, 5.74) is 24.6. The summed E-state index contributed by atoms with van der Waals surface area (Å²) in [7, 11) is 0. The molecular weight excluding hydrogens is 761 g/mol. The number of fused-ring (bicyclic) bond motifs is 2. The number of carbonyl (C=O) groups is 5. The standard InChI is InChI=1S/C41H48N10O6S/c42-35(52)30(14-8-16-46-40(43)44)48-36(53)31(17-24-9-2-1-3-10-24)49-37(54)32(18-25-20-47-29-13-6-4-11-27(25)29)50-38(55)33(51-39(56)41(45)22-57-23-41)19-26-21-58-34-15-7-5-12-28(26)34/h1-7,9-13,15,20-21,30-33,47H,8,14,16-19,22-23,45H2,(H2,42,52)(H,48,53)(H,49,54)(H,50,55)(H,51,56)(H4,43,44,46)/t30-,31+,32-,33-/m1/s1. The quantitative estimate of drug-likeness (QED) is 0.0321. The van der Waals surface area contributed by atoms with Gasteiger partial charge >= 0.3 is 0 Å². The molecule has 1 saturated heterocycles. The monoisotopic (exact) mass is 808 g/mol. The maximum atomic E-state index is 14.5. The number of nitrogens with two attached hydrogens (primary N) is 4. The number of hydrogen-bond donors (Lipinski definition) is 9. The minimum Gasteiger partial charge on any atom is -0.376 e. The third kappa shape index (κ3) is 10.4. The smallest absolute Gasteiger partial charge is 0.245 e. The largest absolute Gasteiger partial charge is 0.376 e. The molecule has 0 aliphatic carbocycles. The number of H-pyrrole nitrogens is 1. The summed E-state index contributed by atoms with van der Waals surface area (Å²) < 4.78 is 6.22. The Bertz CT molecular complexity index is 2280. The lowest BCUT2D eigenvalue weighted by molar-refractivity contribution is -0.146. The Labute approximate surface area is 338 Å². The fourth-order valence-electron chi connectivity index (χ4n) is 6.77. The van der Waals surface area contributed by atoms with Crippen molar-refractivity contribution in [2.24, 2.45) is 27.9 Å². The highest BCUT2D eigenvalue weighted by Gasteiger charge is 2.43. The van der Waals surface area contributed by atoms with Gasteiger partial charge in [-0.3, -0.25) is 29.0 Å². The van der Waals surface area contributed by atoms with E-state index in [-0.39, 0.29) is 51.4 Å². The van der Waals surface area contributed by atoms with Crippen LogP contribution in [0.3, 0.4) is 0 Å². The predicted octanol–water partition coefficient (Wildman–Crippen LogP) is 0.616. The zero-order valence-corrected chi connectivity index (χ0v) is 32.6. The zero-order chi connectivity index (χ0) is 41.2. The molecule has 2 aromatic heterocycles. The molecular formula is C41H48N10O6S. The number of aromatic nitrogens is 1. The summed E-state index contributed by atoms with van der Waals surface area (Å²) in [5, 5.41) is 15.0. The highest BCUT2D eigenvalue weighted by molar-refractivity contribution is 7.17. The number of rotatable bonds is 19. The van der Waals surface area contributed by atoms with E-state index in [0.29, 0.717) is 6.42 Å². The van der Waals surface area contributed by atoms with Gasteiger partial charge in [-0.25, -0.2) is 0 Å². The fraction of sp³-hybridized carbons (Fsp3) is 0.317. The Kier molecular flexibility index (Phi) is 13.4. The molecule has 5 aromatic rings. The van der Waals surface area contributed by atoms with Gasteiger partial charge < -0.3 is 53.9 Å². The van der Waals surface area contributed by atoms with Crippen LogP contribution in [0.4, 0.5) is 0 Å². The van der Waals surface area contributed by atoms with Gasteiger partial charge in [0.15, 0.2) is 5.96 Å². The van der Waals surface area contributed by atoms with Crippen LogP contribution < -0.4 is 44.2 Å². The molecule has 304 valence electrons. The molecule has 0 radical (unpaired) electrons. The van der Waals surface area contributed by atoms with Gasteiger partial charge in [0.2, 0.25) is 29.5 Å². The van der Waals surface area contributed by atoms with Gasteiger partial charge in [0.05, 0.1) is 13.2 Å². The maximum Gasteiger partial charge on any atom is 0.245 e. The second-order valence-corrected chi connectivity index (χ2v) is 15.3. The summed E-state index contributed by atoms with van der Waals surface area (Å²) in [5.74, 6) is -3.41. The summed E-state index contributed by atoms with van der Waals surface area (Å²) in [4.78, 5) is 75.9. The highest BCUT2D eigenvalue weighted by Crippen LogP contribution is 2.27. The predicted molar refractivity (Wildman–Crippen MR) is 222 cm³/mol. The first-order chi connectivity index (χ1) is 27.9. The molecule has 13 N–H and O–H groups in total. The number of carbonyl (C=O) groups excluding carboxylic acids is 5. The number of aromatic amines is 1. The maximum absolute atomic E-state index is 14.5. The van der Waals surface area contributed by atoms with Crippen LogP contribution in [0.5, 0.6) is 0 Å². The van der Waals surface area contributed by atoms with E-state index in [0.717, 1.165) is 37.7 Å². The molecule has 0 bridgehead atoms. The lowest BCUT2D eigenvalue weighted by atomic mass is 9.96. The van der Waals surface area contributed by atoms with Gasteiger partial charge in [-0.1, -0.05) is 66.7 Å². The average Bonchev–Trinajstić information content (AvgIpc) is 3.81. The van der Waals surface area contributed by atoms with Crippen molar-refractivity contribution in [3.63, 3.8) is 0 Å². The SMILES string of the molecule is NC(=O)[C@@H](CCCN=C(N)N)NC(=O)[C@H](Cc1ccccc1)NC(=O)[C@@H](Cc1c[nH]c2ccccc12)NC(=O)[C@@H](Cc1csc2ccccc12)NC(=O)C1(N)COC1. The first-order valence-corrected chi connectivity index (χ1v) is 19.8. The van der Waals surface area contributed by atoms with Gasteiger partial charge in [-0.2, -0.15) is 0 Å². The third-order valence-corrected chi connectivity index (χ3v) is 11.0. The van der Waals surface area contributed by atoms with E-state index in [4.69, 9.17) is 27.7 Å². The molecule has 0 unspecified atom stereocenters. The number of amides is 5. The molecule has 17 heteroatoms. The number of guanidine groups is 1. The number of hydrogen-bond acceptors (Lipinski definition) is 9. The normalized spacial score (nSPS) is 15.3. The Balaban J connectivity index is 1.28. The third-order valence-electron chi connectivity index (χ3n) is 10.0. The van der Waals surface area contributed by atoms with E-state index in [1.54, 1.807) is 30.5 Å². The van der Waals surface area contributed by atoms with Gasteiger partial charge in [0.25, 0.3) is 0 Å². The van der Waals surface area contributed by atoms with E-state index in [9.17, 15) is 24.0 Å². The molecule has 5 amide bonds. The molecule has 16 nitrogen and oxygen atoms in total. The van der Waals surface area contributed by atoms with Crippen molar-refractivity contribution in [3.05, 3.63) is 107 Å². The van der Waals surface area contributed by atoms with E-state index in [1.165, 1.54) is 11.3 Å². The lowest BCUT2D eigenvalue weighted by Gasteiger charge is -2.37. The number of benzene rings is 3. The van der Waals surface area contributed by atoms with Gasteiger partial charge in [0.1, 0.15) is 29.7 Å². The molecule has 3 aromatic carbocycles. The van der Waals surface area contributed by atoms with E-state index < -0.39 is 59.2 Å². The Morgan fingerprint density at radius 3 is 1.97 bits per heavy atom. The van der Waals surface area contributed by atoms with Crippen molar-refractivity contribution in [2.45, 2.75) is 61.8 Å². The van der Waals surface area contributed by atoms with Crippen molar-refractivity contribution in [1.29, 1.82) is 0 Å². The first-order valence-electron chi connectivity index (χ1n) is 18.9. The summed E-state index contributed by atoms with van der Waals surface area (Å²) >= 11 is 1.51. The van der Waals surface area contributed by atoms with Crippen molar-refractivity contribution in [2.75, 3.05) is 19.8 Å². The summed E-state index contributed by atoms with van der Waals surface area (Å²) in [6.45, 7) is 0.210. The Morgan fingerprint density at radius 1 is 0.724 bits per heavy atom. The topological polar surface area (TPSA) is 275 Å². The molecule has 1 aliphatic rings. The van der Waals surface area contributed by atoms with Gasteiger partial charge in [-0.05, 0) is 52.4 Å².